The van der Waals surface area contributed by atoms with Gasteiger partial charge in [0.25, 0.3) is 0 Å². The predicted octanol–water partition coefficient (Wildman–Crippen LogP) is 2.84. The molecule has 0 spiro atoms. The average molecular weight is 255 g/mol. The first-order valence-corrected chi connectivity index (χ1v) is 6.99. The number of fused-ring (bicyclic) bond motifs is 3. The van der Waals surface area contributed by atoms with Gasteiger partial charge in [0.15, 0.2) is 0 Å². The van der Waals surface area contributed by atoms with Crippen molar-refractivity contribution in [3.63, 3.8) is 0 Å². The molecule has 3 heteroatoms. The smallest absolute Gasteiger partial charge is 0.0864 e. The molecule has 0 radical (unpaired) electrons. The summed E-state index contributed by atoms with van der Waals surface area (Å²) in [5.74, 6) is 0.228. The molecule has 4 rings (SSSR count). The summed E-state index contributed by atoms with van der Waals surface area (Å²) in [6, 6.07) is 8.11. The van der Waals surface area contributed by atoms with Gasteiger partial charge >= 0.3 is 0 Å². The number of aliphatic hydroxyl groups is 1. The van der Waals surface area contributed by atoms with Crippen molar-refractivity contribution in [3.05, 3.63) is 42.2 Å². The molecule has 2 aliphatic rings. The highest BCUT2D eigenvalue weighted by molar-refractivity contribution is 5.84. The van der Waals surface area contributed by atoms with Crippen molar-refractivity contribution in [1.82, 2.24) is 4.98 Å². The Hall–Kier alpha value is -1.45. The molecular formula is C16H17NO2. The summed E-state index contributed by atoms with van der Waals surface area (Å²) in [4.78, 5) is 4.27. The number of rotatable bonds is 2. The summed E-state index contributed by atoms with van der Waals surface area (Å²) in [5.41, 5.74) is 0.944. The molecule has 4 unspecified atom stereocenters. The van der Waals surface area contributed by atoms with Crippen LogP contribution in [0.5, 0.6) is 0 Å². The van der Waals surface area contributed by atoms with Gasteiger partial charge in [0, 0.05) is 29.3 Å². The van der Waals surface area contributed by atoms with Gasteiger partial charge in [-0.1, -0.05) is 24.3 Å². The van der Waals surface area contributed by atoms with Crippen LogP contribution in [-0.4, -0.2) is 22.3 Å². The maximum absolute atomic E-state index is 10.7. The van der Waals surface area contributed by atoms with Crippen LogP contribution in [-0.2, 0) is 4.74 Å². The lowest BCUT2D eigenvalue weighted by Crippen LogP contribution is -2.23. The van der Waals surface area contributed by atoms with E-state index in [1.807, 2.05) is 24.4 Å². The average Bonchev–Trinajstić information content (AvgIpc) is 3.08. The molecule has 2 aromatic rings. The lowest BCUT2D eigenvalue weighted by Gasteiger charge is -2.25. The van der Waals surface area contributed by atoms with Crippen molar-refractivity contribution >= 4 is 10.8 Å². The number of aliphatic hydroxyl groups excluding tert-OH is 1. The van der Waals surface area contributed by atoms with Crippen molar-refractivity contribution in [2.24, 2.45) is 5.92 Å². The number of pyridine rings is 1. The first kappa shape index (κ1) is 11.4. The second-order valence-electron chi connectivity index (χ2n) is 5.67. The first-order valence-electron chi connectivity index (χ1n) is 6.99. The molecule has 1 N–H and O–H groups in total. The topological polar surface area (TPSA) is 42.4 Å². The van der Waals surface area contributed by atoms with Gasteiger partial charge in [-0.25, -0.2) is 0 Å². The maximum Gasteiger partial charge on any atom is 0.0864 e. The highest BCUT2D eigenvalue weighted by Crippen LogP contribution is 2.45. The molecule has 0 aliphatic carbocycles. The van der Waals surface area contributed by atoms with Gasteiger partial charge < -0.3 is 9.84 Å². The zero-order valence-electron chi connectivity index (χ0n) is 10.7. The fourth-order valence-corrected chi connectivity index (χ4v) is 3.62. The first-order chi connectivity index (χ1) is 9.33. The van der Waals surface area contributed by atoms with E-state index >= 15 is 0 Å². The lowest BCUT2D eigenvalue weighted by molar-refractivity contribution is 0.0428. The van der Waals surface area contributed by atoms with E-state index in [-0.39, 0.29) is 12.0 Å². The summed E-state index contributed by atoms with van der Waals surface area (Å²) in [5, 5.41) is 12.9. The second kappa shape index (κ2) is 4.29. The van der Waals surface area contributed by atoms with Gasteiger partial charge in [-0.05, 0) is 24.6 Å². The Morgan fingerprint density at radius 3 is 2.89 bits per heavy atom. The van der Waals surface area contributed by atoms with Gasteiger partial charge in [0.2, 0.25) is 0 Å². The molecule has 2 aliphatic heterocycles. The number of ether oxygens (including phenoxy) is 1. The molecule has 2 bridgehead atoms. The highest BCUT2D eigenvalue weighted by Gasteiger charge is 2.44. The standard InChI is InChI=1S/C16H17NO2/c18-16(13-7-11-5-6-15(13)19-11)14-9-17-8-10-3-1-2-4-12(10)14/h1-4,8-9,11,13,15-16,18H,5-7H2. The Kier molecular flexibility index (Phi) is 2.57. The zero-order chi connectivity index (χ0) is 12.8. The van der Waals surface area contributed by atoms with E-state index in [2.05, 4.69) is 11.1 Å². The molecule has 19 heavy (non-hydrogen) atoms. The van der Waals surface area contributed by atoms with E-state index in [1.54, 1.807) is 6.20 Å². The van der Waals surface area contributed by atoms with Crippen LogP contribution in [0.15, 0.2) is 36.7 Å². The molecule has 1 aromatic heterocycles. The lowest BCUT2D eigenvalue weighted by atomic mass is 9.82. The fraction of sp³-hybridized carbons (Fsp3) is 0.438. The largest absolute Gasteiger partial charge is 0.388 e. The zero-order valence-corrected chi connectivity index (χ0v) is 10.7. The van der Waals surface area contributed by atoms with Crippen LogP contribution < -0.4 is 0 Å². The molecule has 0 amide bonds. The van der Waals surface area contributed by atoms with E-state index in [9.17, 15) is 5.11 Å². The van der Waals surface area contributed by atoms with E-state index in [4.69, 9.17) is 4.74 Å². The van der Waals surface area contributed by atoms with Gasteiger partial charge in [-0.15, -0.1) is 0 Å². The minimum Gasteiger partial charge on any atom is -0.388 e. The highest BCUT2D eigenvalue weighted by atomic mass is 16.5. The summed E-state index contributed by atoms with van der Waals surface area (Å²) in [7, 11) is 0. The van der Waals surface area contributed by atoms with E-state index in [0.29, 0.717) is 6.10 Å². The monoisotopic (exact) mass is 255 g/mol. The summed E-state index contributed by atoms with van der Waals surface area (Å²) in [6.07, 6.45) is 7.02. The van der Waals surface area contributed by atoms with E-state index < -0.39 is 6.10 Å². The quantitative estimate of drug-likeness (QED) is 0.897. The third kappa shape index (κ3) is 1.77. The number of benzene rings is 1. The van der Waals surface area contributed by atoms with Crippen LogP contribution >= 0.6 is 0 Å². The molecule has 1 aromatic carbocycles. The van der Waals surface area contributed by atoms with E-state index in [1.165, 1.54) is 0 Å². The Balaban J connectivity index is 1.74. The number of aromatic nitrogens is 1. The van der Waals surface area contributed by atoms with Crippen LogP contribution in [0.4, 0.5) is 0 Å². The van der Waals surface area contributed by atoms with Gasteiger partial charge in [0.1, 0.15) is 0 Å². The summed E-state index contributed by atoms with van der Waals surface area (Å²) in [6.45, 7) is 0. The van der Waals surface area contributed by atoms with Crippen molar-refractivity contribution in [2.45, 2.75) is 37.6 Å². The maximum atomic E-state index is 10.7. The van der Waals surface area contributed by atoms with Crippen molar-refractivity contribution < 1.29 is 9.84 Å². The molecule has 4 atom stereocenters. The van der Waals surface area contributed by atoms with Crippen LogP contribution in [0.2, 0.25) is 0 Å². The van der Waals surface area contributed by atoms with Crippen LogP contribution in [0, 0.1) is 5.92 Å². The SMILES string of the molecule is OC(c1cncc2ccccc12)C1CC2CCC1O2. The number of hydrogen-bond acceptors (Lipinski definition) is 3. The number of hydrogen-bond donors (Lipinski definition) is 1. The number of nitrogens with zero attached hydrogens (tertiary/aromatic N) is 1. The molecule has 2 saturated heterocycles. The summed E-state index contributed by atoms with van der Waals surface area (Å²) < 4.78 is 5.86. The predicted molar refractivity (Wildman–Crippen MR) is 72.7 cm³/mol. The van der Waals surface area contributed by atoms with Crippen molar-refractivity contribution in [2.75, 3.05) is 0 Å². The third-order valence-corrected chi connectivity index (χ3v) is 4.58. The van der Waals surface area contributed by atoms with Crippen LogP contribution in [0.25, 0.3) is 10.8 Å². The van der Waals surface area contributed by atoms with Crippen molar-refractivity contribution in [3.8, 4) is 0 Å². The summed E-state index contributed by atoms with van der Waals surface area (Å²) >= 11 is 0. The van der Waals surface area contributed by atoms with Crippen LogP contribution in [0.1, 0.15) is 30.9 Å². The van der Waals surface area contributed by atoms with Crippen molar-refractivity contribution in [1.29, 1.82) is 0 Å². The van der Waals surface area contributed by atoms with Crippen LogP contribution in [0.3, 0.4) is 0 Å². The Labute approximate surface area is 112 Å². The minimum atomic E-state index is -0.464. The van der Waals surface area contributed by atoms with Gasteiger partial charge in [-0.3, -0.25) is 4.98 Å². The Morgan fingerprint density at radius 2 is 2.11 bits per heavy atom. The fourth-order valence-electron chi connectivity index (χ4n) is 3.62. The molecule has 2 fully saturated rings. The Bertz CT molecular complexity index is 607. The molecule has 98 valence electrons. The minimum absolute atomic E-state index is 0.228. The third-order valence-electron chi connectivity index (χ3n) is 4.58. The van der Waals surface area contributed by atoms with Gasteiger partial charge in [-0.2, -0.15) is 0 Å². The molecule has 3 nitrogen and oxygen atoms in total. The second-order valence-corrected chi connectivity index (χ2v) is 5.67. The molecular weight excluding hydrogens is 238 g/mol. The normalized spacial score (nSPS) is 30.9. The van der Waals surface area contributed by atoms with E-state index in [0.717, 1.165) is 35.6 Å². The molecule has 0 saturated carbocycles. The Morgan fingerprint density at radius 1 is 1.21 bits per heavy atom. The van der Waals surface area contributed by atoms with Gasteiger partial charge in [0.05, 0.1) is 18.3 Å². The molecule has 3 heterocycles.